The average Bonchev–Trinajstić information content (AvgIpc) is 2.47. The summed E-state index contributed by atoms with van der Waals surface area (Å²) in [6.07, 6.45) is 19.8. The summed E-state index contributed by atoms with van der Waals surface area (Å²) < 4.78 is 0. The molecule has 2 saturated carbocycles. The van der Waals surface area contributed by atoms with Crippen LogP contribution in [0.5, 0.6) is 0 Å². The van der Waals surface area contributed by atoms with E-state index in [9.17, 15) is 0 Å². The van der Waals surface area contributed by atoms with E-state index in [4.69, 9.17) is 0 Å². The summed E-state index contributed by atoms with van der Waals surface area (Å²) in [6, 6.07) is 0. The third-order valence-corrected chi connectivity index (χ3v) is 5.80. The molecule has 0 saturated heterocycles. The fourth-order valence-electron chi connectivity index (χ4n) is 4.38. The molecule has 0 unspecified atom stereocenters. The van der Waals surface area contributed by atoms with Gasteiger partial charge in [0, 0.05) is 0 Å². The maximum atomic E-state index is 4.15. The van der Waals surface area contributed by atoms with Crippen molar-refractivity contribution in [1.29, 1.82) is 0 Å². The standard InChI is InChI=1S/C18H32/c1-3-5-13-18(4-2)14-11-17(12-15-18)16-9-7-6-8-10-16/h4,16-17H,2-3,5-15H2,1H3. The predicted molar refractivity (Wildman–Crippen MR) is 80.7 cm³/mol. The summed E-state index contributed by atoms with van der Waals surface area (Å²) in [5.74, 6) is 2.13. The maximum absolute atomic E-state index is 4.15. The Morgan fingerprint density at radius 2 is 1.61 bits per heavy atom. The maximum Gasteiger partial charge on any atom is -0.0121 e. The molecule has 2 aliphatic carbocycles. The van der Waals surface area contributed by atoms with Crippen molar-refractivity contribution in [3.63, 3.8) is 0 Å². The number of rotatable bonds is 5. The van der Waals surface area contributed by atoms with Crippen LogP contribution in [0.2, 0.25) is 0 Å². The molecule has 0 radical (unpaired) electrons. The minimum Gasteiger partial charge on any atom is -0.103 e. The predicted octanol–water partition coefficient (Wildman–Crippen LogP) is 6.12. The topological polar surface area (TPSA) is 0 Å². The molecule has 2 aliphatic rings. The molecule has 2 rings (SSSR count). The highest BCUT2D eigenvalue weighted by Crippen LogP contribution is 2.47. The molecule has 0 nitrogen and oxygen atoms in total. The number of unbranched alkanes of at least 4 members (excludes halogenated alkanes) is 1. The molecule has 18 heavy (non-hydrogen) atoms. The molecule has 0 aromatic carbocycles. The van der Waals surface area contributed by atoms with Crippen LogP contribution in [-0.2, 0) is 0 Å². The zero-order chi connectivity index (χ0) is 12.8. The van der Waals surface area contributed by atoms with Crippen LogP contribution in [0, 0.1) is 17.3 Å². The van der Waals surface area contributed by atoms with E-state index in [1.54, 1.807) is 0 Å². The Balaban J connectivity index is 1.83. The lowest BCUT2D eigenvalue weighted by Crippen LogP contribution is -2.29. The minimum atomic E-state index is 0.515. The summed E-state index contributed by atoms with van der Waals surface area (Å²) in [5.41, 5.74) is 0.515. The molecule has 0 heterocycles. The molecular weight excluding hydrogens is 216 g/mol. The second kappa shape index (κ2) is 6.78. The van der Waals surface area contributed by atoms with Crippen molar-refractivity contribution in [3.8, 4) is 0 Å². The Kier molecular flexibility index (Phi) is 5.33. The fraction of sp³-hybridized carbons (Fsp3) is 0.889. The molecule has 2 fully saturated rings. The first-order valence-electron chi connectivity index (χ1n) is 8.43. The van der Waals surface area contributed by atoms with Crippen LogP contribution in [-0.4, -0.2) is 0 Å². The van der Waals surface area contributed by atoms with Crippen molar-refractivity contribution in [1.82, 2.24) is 0 Å². The van der Waals surface area contributed by atoms with Crippen LogP contribution >= 0.6 is 0 Å². The Hall–Kier alpha value is -0.260. The summed E-state index contributed by atoms with van der Waals surface area (Å²) in [4.78, 5) is 0. The van der Waals surface area contributed by atoms with Gasteiger partial charge < -0.3 is 0 Å². The van der Waals surface area contributed by atoms with E-state index >= 15 is 0 Å². The van der Waals surface area contributed by atoms with Crippen LogP contribution in [0.15, 0.2) is 12.7 Å². The summed E-state index contributed by atoms with van der Waals surface area (Å²) >= 11 is 0. The summed E-state index contributed by atoms with van der Waals surface area (Å²) in [5, 5.41) is 0. The molecule has 0 aromatic heterocycles. The number of allylic oxidation sites excluding steroid dienone is 1. The van der Waals surface area contributed by atoms with Crippen molar-refractivity contribution >= 4 is 0 Å². The van der Waals surface area contributed by atoms with Gasteiger partial charge in [-0.3, -0.25) is 0 Å². The van der Waals surface area contributed by atoms with E-state index < -0.39 is 0 Å². The van der Waals surface area contributed by atoms with Gasteiger partial charge in [-0.2, -0.15) is 0 Å². The molecule has 0 aromatic rings. The summed E-state index contributed by atoms with van der Waals surface area (Å²) in [7, 11) is 0. The van der Waals surface area contributed by atoms with E-state index in [2.05, 4.69) is 19.6 Å². The second-order valence-corrected chi connectivity index (χ2v) is 6.91. The highest BCUT2D eigenvalue weighted by molar-refractivity contribution is 4.98. The SMILES string of the molecule is C=CC1(CCCC)CCC(C2CCCCC2)CC1. The van der Waals surface area contributed by atoms with Gasteiger partial charge in [-0.05, 0) is 49.4 Å². The molecular formula is C18H32. The Morgan fingerprint density at radius 1 is 1.00 bits per heavy atom. The van der Waals surface area contributed by atoms with Crippen LogP contribution in [0.25, 0.3) is 0 Å². The van der Waals surface area contributed by atoms with Crippen molar-refractivity contribution in [3.05, 3.63) is 12.7 Å². The van der Waals surface area contributed by atoms with Gasteiger partial charge in [0.15, 0.2) is 0 Å². The molecule has 0 spiro atoms. The third kappa shape index (κ3) is 3.39. The van der Waals surface area contributed by atoms with E-state index in [0.29, 0.717) is 5.41 Å². The van der Waals surface area contributed by atoms with Gasteiger partial charge in [-0.15, -0.1) is 6.58 Å². The molecule has 0 N–H and O–H groups in total. The first-order valence-corrected chi connectivity index (χ1v) is 8.43. The highest BCUT2D eigenvalue weighted by atomic mass is 14.4. The second-order valence-electron chi connectivity index (χ2n) is 6.91. The quantitative estimate of drug-likeness (QED) is 0.514. The first-order chi connectivity index (χ1) is 8.79. The van der Waals surface area contributed by atoms with Crippen molar-refractivity contribution < 1.29 is 0 Å². The molecule has 0 atom stereocenters. The van der Waals surface area contributed by atoms with Gasteiger partial charge in [0.25, 0.3) is 0 Å². The Bertz CT molecular complexity index is 239. The van der Waals surface area contributed by atoms with Crippen LogP contribution in [0.1, 0.15) is 84.0 Å². The summed E-state index contributed by atoms with van der Waals surface area (Å²) in [6.45, 7) is 6.46. The highest BCUT2D eigenvalue weighted by Gasteiger charge is 2.35. The number of hydrogen-bond acceptors (Lipinski definition) is 0. The molecule has 104 valence electrons. The third-order valence-electron chi connectivity index (χ3n) is 5.80. The Morgan fingerprint density at radius 3 is 2.17 bits per heavy atom. The van der Waals surface area contributed by atoms with E-state index in [0.717, 1.165) is 11.8 Å². The van der Waals surface area contributed by atoms with E-state index in [-0.39, 0.29) is 0 Å². The minimum absolute atomic E-state index is 0.515. The van der Waals surface area contributed by atoms with Crippen LogP contribution in [0.3, 0.4) is 0 Å². The van der Waals surface area contributed by atoms with Crippen LogP contribution < -0.4 is 0 Å². The smallest absolute Gasteiger partial charge is 0.0121 e. The molecule has 0 heteroatoms. The largest absolute Gasteiger partial charge is 0.103 e. The molecule has 0 amide bonds. The zero-order valence-electron chi connectivity index (χ0n) is 12.4. The lowest BCUT2D eigenvalue weighted by atomic mass is 9.64. The van der Waals surface area contributed by atoms with Gasteiger partial charge in [-0.25, -0.2) is 0 Å². The number of hydrogen-bond donors (Lipinski definition) is 0. The first kappa shape index (κ1) is 14.2. The average molecular weight is 248 g/mol. The normalized spacial score (nSPS) is 34.4. The van der Waals surface area contributed by atoms with Crippen molar-refractivity contribution in [2.24, 2.45) is 17.3 Å². The van der Waals surface area contributed by atoms with Crippen molar-refractivity contribution in [2.45, 2.75) is 84.0 Å². The lowest BCUT2D eigenvalue weighted by molar-refractivity contribution is 0.125. The van der Waals surface area contributed by atoms with E-state index in [1.165, 1.54) is 77.0 Å². The monoisotopic (exact) mass is 248 g/mol. The van der Waals surface area contributed by atoms with E-state index in [1.807, 2.05) is 0 Å². The molecule has 0 aliphatic heterocycles. The van der Waals surface area contributed by atoms with Gasteiger partial charge in [-0.1, -0.05) is 57.9 Å². The van der Waals surface area contributed by atoms with Crippen molar-refractivity contribution in [2.75, 3.05) is 0 Å². The van der Waals surface area contributed by atoms with Gasteiger partial charge in [0.05, 0.1) is 0 Å². The Labute approximate surface area is 114 Å². The fourth-order valence-corrected chi connectivity index (χ4v) is 4.38. The van der Waals surface area contributed by atoms with Gasteiger partial charge >= 0.3 is 0 Å². The zero-order valence-corrected chi connectivity index (χ0v) is 12.4. The molecule has 0 bridgehead atoms. The van der Waals surface area contributed by atoms with Gasteiger partial charge in [0.2, 0.25) is 0 Å². The lowest BCUT2D eigenvalue weighted by Gasteiger charge is -2.42. The van der Waals surface area contributed by atoms with Crippen LogP contribution in [0.4, 0.5) is 0 Å². The van der Waals surface area contributed by atoms with Gasteiger partial charge in [0.1, 0.15) is 0 Å².